The Bertz CT molecular complexity index is 1080. The number of hydrogen-bond acceptors (Lipinski definition) is 4. The van der Waals surface area contributed by atoms with Gasteiger partial charge in [-0.2, -0.15) is 5.26 Å². The molecule has 1 heterocycles. The maximum Gasteiger partial charge on any atom is 0.253 e. The van der Waals surface area contributed by atoms with Crippen molar-refractivity contribution in [3.63, 3.8) is 0 Å². The molecule has 6 nitrogen and oxygen atoms in total. The van der Waals surface area contributed by atoms with Crippen molar-refractivity contribution >= 4 is 21.6 Å². The first-order chi connectivity index (χ1) is 13.7. The number of piperidine rings is 1. The average molecular weight is 412 g/mol. The van der Waals surface area contributed by atoms with Crippen LogP contribution < -0.4 is 4.72 Å². The summed E-state index contributed by atoms with van der Waals surface area (Å²) in [5.41, 5.74) is 4.70. The molecule has 1 saturated heterocycles. The summed E-state index contributed by atoms with van der Waals surface area (Å²) in [4.78, 5) is 14.8. The number of hydrogen-bond donors (Lipinski definition) is 1. The van der Waals surface area contributed by atoms with Gasteiger partial charge in [0.25, 0.3) is 5.91 Å². The lowest BCUT2D eigenvalue weighted by Crippen LogP contribution is -2.38. The number of anilines is 1. The zero-order valence-electron chi connectivity index (χ0n) is 16.9. The maximum absolute atomic E-state index is 12.9. The normalized spacial score (nSPS) is 15.0. The van der Waals surface area contributed by atoms with E-state index in [0.29, 0.717) is 35.8 Å². The van der Waals surface area contributed by atoms with Gasteiger partial charge in [-0.15, -0.1) is 0 Å². The van der Waals surface area contributed by atoms with E-state index in [9.17, 15) is 13.2 Å². The van der Waals surface area contributed by atoms with Crippen LogP contribution in [-0.2, 0) is 10.0 Å². The maximum atomic E-state index is 12.9. The molecule has 0 aromatic heterocycles. The van der Waals surface area contributed by atoms with Crippen LogP contribution in [0.25, 0.3) is 0 Å². The predicted octanol–water partition coefficient (Wildman–Crippen LogP) is 3.57. The second-order valence-electron chi connectivity index (χ2n) is 7.65. The topological polar surface area (TPSA) is 90.3 Å². The summed E-state index contributed by atoms with van der Waals surface area (Å²) in [5.74, 6) is 0.281. The minimum absolute atomic E-state index is 0.0865. The smallest absolute Gasteiger partial charge is 0.253 e. The molecule has 0 spiro atoms. The van der Waals surface area contributed by atoms with E-state index in [0.717, 1.165) is 30.2 Å². The summed E-state index contributed by atoms with van der Waals surface area (Å²) >= 11 is 0. The molecule has 1 fully saturated rings. The third kappa shape index (κ3) is 4.96. The third-order valence-electron chi connectivity index (χ3n) is 5.40. The van der Waals surface area contributed by atoms with Gasteiger partial charge in [0.2, 0.25) is 10.0 Å². The van der Waals surface area contributed by atoms with Crippen LogP contribution in [0.5, 0.6) is 0 Å². The summed E-state index contributed by atoms with van der Waals surface area (Å²) in [7, 11) is -3.41. The minimum Gasteiger partial charge on any atom is -0.339 e. The van der Waals surface area contributed by atoms with Crippen LogP contribution in [0.4, 0.5) is 5.69 Å². The third-order valence-corrected chi connectivity index (χ3v) is 5.99. The predicted molar refractivity (Wildman–Crippen MR) is 113 cm³/mol. The fraction of sp³-hybridized carbons (Fsp3) is 0.364. The second kappa shape index (κ2) is 8.26. The molecule has 0 unspecified atom stereocenters. The summed E-state index contributed by atoms with van der Waals surface area (Å²) in [6, 6.07) is 13.1. The number of nitriles is 1. The SMILES string of the molecule is Cc1ccc(C(=O)N2CCC(c3ccc(C#N)cc3C)CC2)cc1NS(C)(=O)=O. The number of carbonyl (C=O) groups is 1. The highest BCUT2D eigenvalue weighted by Gasteiger charge is 2.26. The minimum atomic E-state index is -3.41. The fourth-order valence-electron chi connectivity index (χ4n) is 3.84. The molecular weight excluding hydrogens is 386 g/mol. The van der Waals surface area contributed by atoms with Crippen LogP contribution in [0.2, 0.25) is 0 Å². The van der Waals surface area contributed by atoms with Crippen LogP contribution in [0.15, 0.2) is 36.4 Å². The van der Waals surface area contributed by atoms with E-state index in [1.54, 1.807) is 25.1 Å². The van der Waals surface area contributed by atoms with Gasteiger partial charge in [-0.25, -0.2) is 8.42 Å². The zero-order valence-corrected chi connectivity index (χ0v) is 17.7. The van der Waals surface area contributed by atoms with Gasteiger partial charge < -0.3 is 4.90 Å². The van der Waals surface area contributed by atoms with Crippen molar-refractivity contribution in [2.75, 3.05) is 24.1 Å². The van der Waals surface area contributed by atoms with Gasteiger partial charge in [0.05, 0.1) is 23.6 Å². The Morgan fingerprint density at radius 3 is 2.38 bits per heavy atom. The number of amides is 1. The molecule has 29 heavy (non-hydrogen) atoms. The van der Waals surface area contributed by atoms with Crippen molar-refractivity contribution in [3.05, 3.63) is 64.2 Å². The zero-order chi connectivity index (χ0) is 21.2. The second-order valence-corrected chi connectivity index (χ2v) is 9.40. The van der Waals surface area contributed by atoms with E-state index in [1.807, 2.05) is 30.0 Å². The highest BCUT2D eigenvalue weighted by Crippen LogP contribution is 2.31. The molecule has 0 saturated carbocycles. The van der Waals surface area contributed by atoms with Gasteiger partial charge in [-0.1, -0.05) is 12.1 Å². The van der Waals surface area contributed by atoms with E-state index in [-0.39, 0.29) is 5.91 Å². The van der Waals surface area contributed by atoms with Crippen molar-refractivity contribution in [3.8, 4) is 6.07 Å². The summed E-state index contributed by atoms with van der Waals surface area (Å²) in [6.07, 6.45) is 2.81. The largest absolute Gasteiger partial charge is 0.339 e. The Balaban J connectivity index is 1.71. The molecule has 7 heteroatoms. The van der Waals surface area contributed by atoms with Crippen molar-refractivity contribution in [2.24, 2.45) is 0 Å². The number of carbonyl (C=O) groups excluding carboxylic acids is 1. The van der Waals surface area contributed by atoms with Gasteiger partial charge in [0.15, 0.2) is 0 Å². The van der Waals surface area contributed by atoms with Crippen LogP contribution in [0.3, 0.4) is 0 Å². The molecule has 0 bridgehead atoms. The lowest BCUT2D eigenvalue weighted by atomic mass is 9.86. The van der Waals surface area contributed by atoms with Crippen LogP contribution >= 0.6 is 0 Å². The molecule has 0 radical (unpaired) electrons. The molecule has 1 N–H and O–H groups in total. The van der Waals surface area contributed by atoms with Crippen LogP contribution in [0, 0.1) is 25.2 Å². The number of rotatable bonds is 4. The van der Waals surface area contributed by atoms with Gasteiger partial charge in [-0.3, -0.25) is 9.52 Å². The Morgan fingerprint density at radius 2 is 1.79 bits per heavy atom. The van der Waals surface area contributed by atoms with Crippen molar-refractivity contribution in [1.82, 2.24) is 4.90 Å². The van der Waals surface area contributed by atoms with Crippen molar-refractivity contribution in [1.29, 1.82) is 5.26 Å². The standard InChI is InChI=1S/C22H25N3O3S/c1-15-4-6-19(13-21(15)24-29(3,27)28)22(26)25-10-8-18(9-11-25)20-7-5-17(14-23)12-16(20)2/h4-7,12-13,18,24H,8-11H2,1-3H3. The van der Waals surface area contributed by atoms with Crippen molar-refractivity contribution in [2.45, 2.75) is 32.6 Å². The van der Waals surface area contributed by atoms with E-state index >= 15 is 0 Å². The first-order valence-corrected chi connectivity index (χ1v) is 11.5. The number of nitrogens with one attached hydrogen (secondary N) is 1. The average Bonchev–Trinajstić information content (AvgIpc) is 2.68. The van der Waals surface area contributed by atoms with Gasteiger partial charge in [0, 0.05) is 18.7 Å². The van der Waals surface area contributed by atoms with E-state index in [1.165, 1.54) is 5.56 Å². The Labute approximate surface area is 172 Å². The van der Waals surface area contributed by atoms with Crippen molar-refractivity contribution < 1.29 is 13.2 Å². The molecule has 2 aromatic rings. The lowest BCUT2D eigenvalue weighted by Gasteiger charge is -2.33. The monoisotopic (exact) mass is 411 g/mol. The number of nitrogens with zero attached hydrogens (tertiary/aromatic N) is 2. The summed E-state index contributed by atoms with van der Waals surface area (Å²) in [6.45, 7) is 5.11. The number of likely N-dealkylation sites (tertiary alicyclic amines) is 1. The molecule has 1 aliphatic rings. The molecule has 0 aliphatic carbocycles. The highest BCUT2D eigenvalue weighted by molar-refractivity contribution is 7.92. The molecule has 1 aliphatic heterocycles. The van der Waals surface area contributed by atoms with Gasteiger partial charge in [-0.05, 0) is 73.6 Å². The highest BCUT2D eigenvalue weighted by atomic mass is 32.2. The molecule has 2 aromatic carbocycles. The molecule has 3 rings (SSSR count). The number of sulfonamides is 1. The number of benzene rings is 2. The molecule has 152 valence electrons. The van der Waals surface area contributed by atoms with Crippen LogP contribution in [0.1, 0.15) is 51.4 Å². The van der Waals surface area contributed by atoms with Crippen LogP contribution in [-0.4, -0.2) is 38.6 Å². The molecule has 1 amide bonds. The molecular formula is C22H25N3O3S. The lowest BCUT2D eigenvalue weighted by molar-refractivity contribution is 0.0713. The Hall–Kier alpha value is -2.85. The van der Waals surface area contributed by atoms with E-state index in [4.69, 9.17) is 5.26 Å². The first-order valence-electron chi connectivity index (χ1n) is 9.56. The fourth-order valence-corrected chi connectivity index (χ4v) is 4.46. The Morgan fingerprint density at radius 1 is 1.10 bits per heavy atom. The first kappa shape index (κ1) is 20.9. The van der Waals surface area contributed by atoms with Gasteiger partial charge >= 0.3 is 0 Å². The number of aryl methyl sites for hydroxylation is 2. The summed E-state index contributed by atoms with van der Waals surface area (Å²) in [5, 5.41) is 9.03. The summed E-state index contributed by atoms with van der Waals surface area (Å²) < 4.78 is 25.6. The van der Waals surface area contributed by atoms with E-state index in [2.05, 4.69) is 10.8 Å². The van der Waals surface area contributed by atoms with E-state index < -0.39 is 10.0 Å². The molecule has 0 atom stereocenters. The quantitative estimate of drug-likeness (QED) is 0.833. The van der Waals surface area contributed by atoms with Gasteiger partial charge in [0.1, 0.15) is 0 Å². The Kier molecular flexibility index (Phi) is 5.94.